The van der Waals surface area contributed by atoms with Gasteiger partial charge >= 0.3 is 51.4 Å². The Hall–Kier alpha value is -2.84. The van der Waals surface area contributed by atoms with E-state index >= 15 is 0 Å². The first-order valence-corrected chi connectivity index (χ1v) is 14.1. The summed E-state index contributed by atoms with van der Waals surface area (Å²) in [5.41, 5.74) is 2.60. The van der Waals surface area contributed by atoms with E-state index < -0.39 is 0 Å². The predicted octanol–water partition coefficient (Wildman–Crippen LogP) is 3.34. The average molecular weight is 625 g/mol. The van der Waals surface area contributed by atoms with Crippen molar-refractivity contribution in [1.29, 1.82) is 0 Å². The minimum absolute atomic E-state index is 0. The third-order valence-corrected chi connectivity index (χ3v) is 8.57. The van der Waals surface area contributed by atoms with Crippen LogP contribution in [0.25, 0.3) is 20.2 Å². The van der Waals surface area contributed by atoms with Gasteiger partial charge in [-0.2, -0.15) is 0 Å². The normalized spacial score (nSPS) is 12.7. The summed E-state index contributed by atoms with van der Waals surface area (Å²) in [6.45, 7) is 0. The molecule has 7 nitrogen and oxygen atoms in total. The monoisotopic (exact) mass is 624 g/mol. The summed E-state index contributed by atoms with van der Waals surface area (Å²) < 4.78 is 2.08. The van der Waals surface area contributed by atoms with Crippen LogP contribution >= 0.6 is 34.0 Å². The zero-order valence-electron chi connectivity index (χ0n) is 21.4. The summed E-state index contributed by atoms with van der Waals surface area (Å²) >= 11 is 4.45. The average Bonchev–Trinajstić information content (AvgIpc) is 3.72. The molecule has 5 aromatic rings. The molecule has 3 aromatic heterocycles. The number of ketones is 4. The van der Waals surface area contributed by atoms with Crippen molar-refractivity contribution in [3.05, 3.63) is 116 Å². The smallest absolute Gasteiger partial charge is 0.870 e. The van der Waals surface area contributed by atoms with Crippen molar-refractivity contribution in [1.82, 2.24) is 0 Å². The van der Waals surface area contributed by atoms with Gasteiger partial charge in [0.1, 0.15) is 0 Å². The Balaban J connectivity index is 0.000000203. The summed E-state index contributed by atoms with van der Waals surface area (Å²) in [4.78, 5) is 66.9. The van der Waals surface area contributed by atoms with Gasteiger partial charge in [-0.25, -0.2) is 0 Å². The van der Waals surface area contributed by atoms with E-state index in [0.29, 0.717) is 45.3 Å². The number of allylic oxidation sites excluding steroid dienone is 4. The zero-order chi connectivity index (χ0) is 27.5. The third-order valence-electron chi connectivity index (χ3n) is 5.95. The Bertz CT molecular complexity index is 1660. The van der Waals surface area contributed by atoms with Gasteiger partial charge in [-0.3, -0.25) is 28.8 Å². The van der Waals surface area contributed by atoms with Crippen LogP contribution in [0.2, 0.25) is 0 Å². The minimum Gasteiger partial charge on any atom is -0.870 e. The molecule has 1 N–H and O–H groups in total. The standard InChI is InChI=1S/C18H8O2S2.C6H4O2S.C6H4O2.K.H2O/c19-17-11-5-9-1-3-21-15(9)7-13(11)18(20)14-8-16-10(2-4-22-16)6-12(14)17;7-3-5-1-2-9-6(5)4-8;7-5-1-2-6(8)4-3-5;;/h1-8H;1-4H;1-4H;;1H2/q;;;+1;/p-1. The van der Waals surface area contributed by atoms with E-state index in [9.17, 15) is 28.8 Å². The second kappa shape index (κ2) is 14.4. The Labute approximate surface area is 287 Å². The number of hydrogen-bond donors (Lipinski definition) is 0. The molecule has 7 rings (SSSR count). The molecule has 3 heterocycles. The fourth-order valence-corrected chi connectivity index (χ4v) is 6.31. The topological polar surface area (TPSA) is 132 Å². The quantitative estimate of drug-likeness (QED) is 0.164. The van der Waals surface area contributed by atoms with Crippen LogP contribution < -0.4 is 51.4 Å². The van der Waals surface area contributed by atoms with Gasteiger partial charge in [0.05, 0.1) is 4.88 Å². The van der Waals surface area contributed by atoms with E-state index in [1.54, 1.807) is 34.1 Å². The molecule has 0 fully saturated rings. The number of rotatable bonds is 2. The van der Waals surface area contributed by atoms with Crippen molar-refractivity contribution in [3.8, 4) is 0 Å². The largest absolute Gasteiger partial charge is 1.00 e. The minimum atomic E-state index is -0.121. The van der Waals surface area contributed by atoms with Crippen molar-refractivity contribution in [3.63, 3.8) is 0 Å². The number of aldehydes is 2. The van der Waals surface area contributed by atoms with Gasteiger partial charge in [-0.1, -0.05) is 0 Å². The Kier molecular flexibility index (Phi) is 11.4. The van der Waals surface area contributed by atoms with Gasteiger partial charge in [0.15, 0.2) is 35.7 Å². The molecule has 2 aliphatic rings. The maximum Gasteiger partial charge on any atom is 1.00 e. The molecular formula is C30H17KO7S3. The molecule has 0 amide bonds. The molecule has 0 bridgehead atoms. The van der Waals surface area contributed by atoms with Crippen molar-refractivity contribution in [2.45, 2.75) is 0 Å². The zero-order valence-corrected chi connectivity index (χ0v) is 26.9. The Morgan fingerprint density at radius 1 is 0.537 bits per heavy atom. The van der Waals surface area contributed by atoms with Crippen LogP contribution in [-0.2, 0) is 9.59 Å². The number of hydrogen-bond acceptors (Lipinski definition) is 10. The Morgan fingerprint density at radius 3 is 1.34 bits per heavy atom. The molecule has 41 heavy (non-hydrogen) atoms. The predicted molar refractivity (Wildman–Crippen MR) is 156 cm³/mol. The summed E-state index contributed by atoms with van der Waals surface area (Å²) in [6.07, 6.45) is 6.38. The fraction of sp³-hybridized carbons (Fsp3) is 0. The van der Waals surface area contributed by atoms with E-state index in [1.807, 2.05) is 47.2 Å². The van der Waals surface area contributed by atoms with Gasteiger partial charge in [-0.15, -0.1) is 34.0 Å². The molecule has 198 valence electrons. The first-order chi connectivity index (χ1) is 18.9. The maximum atomic E-state index is 12.8. The summed E-state index contributed by atoms with van der Waals surface area (Å²) in [6, 6.07) is 13.0. The molecule has 0 saturated heterocycles. The van der Waals surface area contributed by atoms with Crippen molar-refractivity contribution in [2.24, 2.45) is 0 Å². The van der Waals surface area contributed by atoms with Gasteiger partial charge < -0.3 is 5.48 Å². The molecule has 0 spiro atoms. The third kappa shape index (κ3) is 6.97. The van der Waals surface area contributed by atoms with Gasteiger partial charge in [0, 0.05) is 37.2 Å². The summed E-state index contributed by atoms with van der Waals surface area (Å²) in [5.74, 6) is -0.338. The van der Waals surface area contributed by atoms with E-state index in [0.717, 1.165) is 20.2 Å². The maximum absolute atomic E-state index is 12.8. The van der Waals surface area contributed by atoms with Crippen molar-refractivity contribution >= 4 is 89.9 Å². The van der Waals surface area contributed by atoms with Crippen LogP contribution in [0.4, 0.5) is 0 Å². The van der Waals surface area contributed by atoms with Gasteiger partial charge in [-0.05, 0) is 93.7 Å². The second-order valence-electron chi connectivity index (χ2n) is 8.32. The van der Waals surface area contributed by atoms with Gasteiger partial charge in [0.2, 0.25) is 0 Å². The SMILES string of the molecule is O=C1C=CC(=O)C=C1.O=C1c2cc3ccsc3cc2C(=O)c2cc3sccc3cc21.O=Cc1ccsc1C=O.[K+].[OH-]. The van der Waals surface area contributed by atoms with Gasteiger partial charge in [0.25, 0.3) is 0 Å². The summed E-state index contributed by atoms with van der Waals surface area (Å²) in [5, 5.41) is 7.71. The van der Waals surface area contributed by atoms with E-state index in [4.69, 9.17) is 0 Å². The molecule has 0 aliphatic heterocycles. The van der Waals surface area contributed by atoms with Crippen LogP contribution in [-0.4, -0.2) is 41.2 Å². The van der Waals surface area contributed by atoms with Crippen molar-refractivity contribution < 1.29 is 85.6 Å². The molecule has 2 aromatic carbocycles. The van der Waals surface area contributed by atoms with Crippen molar-refractivity contribution in [2.75, 3.05) is 0 Å². The second-order valence-corrected chi connectivity index (χ2v) is 11.2. The van der Waals surface area contributed by atoms with Crippen LogP contribution in [0.3, 0.4) is 0 Å². The number of carbonyl (C=O) groups is 6. The van der Waals surface area contributed by atoms with Crippen LogP contribution in [0, 0.1) is 0 Å². The fourth-order valence-electron chi connectivity index (χ4n) is 4.02. The number of benzene rings is 2. The summed E-state index contributed by atoms with van der Waals surface area (Å²) in [7, 11) is 0. The molecule has 2 aliphatic carbocycles. The Morgan fingerprint density at radius 2 is 0.951 bits per heavy atom. The molecular weight excluding hydrogens is 608 g/mol. The number of fused-ring (bicyclic) bond motifs is 4. The first-order valence-electron chi connectivity index (χ1n) is 11.4. The van der Waals surface area contributed by atoms with Crippen LogP contribution in [0.1, 0.15) is 51.9 Å². The molecule has 0 atom stereocenters. The molecule has 11 heteroatoms. The number of carbonyl (C=O) groups excluding carboxylic acids is 6. The first kappa shape index (κ1) is 32.7. The van der Waals surface area contributed by atoms with E-state index in [1.165, 1.54) is 35.6 Å². The molecule has 0 saturated carbocycles. The van der Waals surface area contributed by atoms with E-state index in [-0.39, 0.29) is 80.0 Å². The van der Waals surface area contributed by atoms with Crippen LogP contribution in [0.15, 0.2) is 82.9 Å². The van der Waals surface area contributed by atoms with Crippen LogP contribution in [0.5, 0.6) is 0 Å². The molecule has 0 radical (unpaired) electrons. The molecule has 0 unspecified atom stereocenters. The van der Waals surface area contributed by atoms with E-state index in [2.05, 4.69) is 0 Å². The number of thiophene rings is 3.